The monoisotopic (exact) mass is 249 g/mol. The Labute approximate surface area is 102 Å². The molecule has 18 heavy (non-hydrogen) atoms. The lowest BCUT2D eigenvalue weighted by Crippen LogP contribution is -2.14. The molecule has 0 aliphatic carbocycles. The first kappa shape index (κ1) is 11.8. The van der Waals surface area contributed by atoms with Gasteiger partial charge in [0, 0.05) is 23.9 Å². The summed E-state index contributed by atoms with van der Waals surface area (Å²) in [5.74, 6) is 0.617. The minimum atomic E-state index is -0.473. The number of hydrogen-bond donors (Lipinski definition) is 2. The molecule has 2 aromatic rings. The number of nitrogens with zero attached hydrogens (tertiary/aromatic N) is 3. The van der Waals surface area contributed by atoms with Crippen molar-refractivity contribution in [1.29, 1.82) is 0 Å². The van der Waals surface area contributed by atoms with E-state index >= 15 is 0 Å². The van der Waals surface area contributed by atoms with Crippen LogP contribution in [0.3, 0.4) is 0 Å². The lowest BCUT2D eigenvalue weighted by Gasteiger charge is -2.08. The standard InChI is InChI=1S/C10H11N5O3/c1-17-7-3-6(4-8(5-7)18-2)11-10(16)9-12-14-15-13-9/h3-5H,1-2H3,(H,11,16)(H,12,13,14,15). The number of H-pyrrole nitrogens is 1. The first-order valence-electron chi connectivity index (χ1n) is 5.01. The van der Waals surface area contributed by atoms with Gasteiger partial charge in [0.2, 0.25) is 0 Å². The molecular formula is C10H11N5O3. The molecule has 2 rings (SSSR count). The van der Waals surface area contributed by atoms with Crippen LogP contribution in [0.4, 0.5) is 5.69 Å². The van der Waals surface area contributed by atoms with Crippen molar-refractivity contribution in [3.63, 3.8) is 0 Å². The predicted molar refractivity (Wildman–Crippen MR) is 61.7 cm³/mol. The van der Waals surface area contributed by atoms with E-state index in [0.717, 1.165) is 0 Å². The highest BCUT2D eigenvalue weighted by Gasteiger charge is 2.12. The quantitative estimate of drug-likeness (QED) is 0.816. The summed E-state index contributed by atoms with van der Waals surface area (Å²) in [6, 6.07) is 5.00. The number of aromatic nitrogens is 4. The summed E-state index contributed by atoms with van der Waals surface area (Å²) < 4.78 is 10.2. The second-order valence-corrected chi connectivity index (χ2v) is 3.29. The molecule has 0 saturated heterocycles. The summed E-state index contributed by atoms with van der Waals surface area (Å²) in [5.41, 5.74) is 0.515. The zero-order chi connectivity index (χ0) is 13.0. The Bertz CT molecular complexity index is 518. The SMILES string of the molecule is COc1cc(NC(=O)c2nn[nH]n2)cc(OC)c1. The van der Waals surface area contributed by atoms with Crippen molar-refractivity contribution < 1.29 is 14.3 Å². The highest BCUT2D eigenvalue weighted by molar-refractivity contribution is 6.01. The number of nitrogens with one attached hydrogen (secondary N) is 2. The van der Waals surface area contributed by atoms with E-state index in [1.54, 1.807) is 18.2 Å². The second kappa shape index (κ2) is 5.13. The third-order valence-corrected chi connectivity index (χ3v) is 2.16. The van der Waals surface area contributed by atoms with Crippen LogP contribution in [0.5, 0.6) is 11.5 Å². The van der Waals surface area contributed by atoms with Crippen LogP contribution in [-0.4, -0.2) is 40.8 Å². The Morgan fingerprint density at radius 1 is 1.22 bits per heavy atom. The van der Waals surface area contributed by atoms with Gasteiger partial charge in [-0.25, -0.2) is 0 Å². The van der Waals surface area contributed by atoms with E-state index in [0.29, 0.717) is 17.2 Å². The van der Waals surface area contributed by atoms with E-state index in [1.807, 2.05) is 0 Å². The van der Waals surface area contributed by atoms with Crippen LogP contribution in [0.2, 0.25) is 0 Å². The maximum absolute atomic E-state index is 11.7. The number of benzene rings is 1. The molecule has 1 heterocycles. The molecule has 0 radical (unpaired) electrons. The Hall–Kier alpha value is -2.64. The van der Waals surface area contributed by atoms with Gasteiger partial charge in [-0.05, 0) is 5.21 Å². The van der Waals surface area contributed by atoms with Crippen LogP contribution in [0, 0.1) is 0 Å². The molecular weight excluding hydrogens is 238 g/mol. The molecule has 1 aromatic carbocycles. The number of aromatic amines is 1. The normalized spacial score (nSPS) is 9.89. The molecule has 0 aliphatic rings. The summed E-state index contributed by atoms with van der Waals surface area (Å²) in [6.07, 6.45) is 0. The van der Waals surface area contributed by atoms with Gasteiger partial charge in [0.1, 0.15) is 11.5 Å². The fourth-order valence-electron chi connectivity index (χ4n) is 1.32. The summed E-state index contributed by atoms with van der Waals surface area (Å²) in [5, 5.41) is 15.3. The summed E-state index contributed by atoms with van der Waals surface area (Å²) in [6.45, 7) is 0. The molecule has 0 spiro atoms. The van der Waals surface area contributed by atoms with Crippen molar-refractivity contribution >= 4 is 11.6 Å². The van der Waals surface area contributed by atoms with Gasteiger partial charge >= 0.3 is 0 Å². The number of hydrogen-bond acceptors (Lipinski definition) is 6. The van der Waals surface area contributed by atoms with Gasteiger partial charge in [0.15, 0.2) is 0 Å². The first-order chi connectivity index (χ1) is 8.72. The Morgan fingerprint density at radius 3 is 2.39 bits per heavy atom. The fraction of sp³-hybridized carbons (Fsp3) is 0.200. The van der Waals surface area contributed by atoms with E-state index in [-0.39, 0.29) is 5.82 Å². The van der Waals surface area contributed by atoms with Crippen molar-refractivity contribution in [1.82, 2.24) is 20.6 Å². The van der Waals surface area contributed by atoms with E-state index in [4.69, 9.17) is 9.47 Å². The van der Waals surface area contributed by atoms with E-state index < -0.39 is 5.91 Å². The molecule has 94 valence electrons. The minimum absolute atomic E-state index is 0.0446. The largest absolute Gasteiger partial charge is 0.497 e. The maximum atomic E-state index is 11.7. The Kier molecular flexibility index (Phi) is 3.37. The van der Waals surface area contributed by atoms with Crippen molar-refractivity contribution in [2.45, 2.75) is 0 Å². The summed E-state index contributed by atoms with van der Waals surface area (Å²) >= 11 is 0. The molecule has 1 amide bonds. The molecule has 0 bridgehead atoms. The highest BCUT2D eigenvalue weighted by atomic mass is 16.5. The smallest absolute Gasteiger partial charge is 0.297 e. The number of ether oxygens (including phenoxy) is 2. The molecule has 2 N–H and O–H groups in total. The number of tetrazole rings is 1. The Balaban J connectivity index is 2.20. The fourth-order valence-corrected chi connectivity index (χ4v) is 1.32. The zero-order valence-corrected chi connectivity index (χ0v) is 9.80. The lowest BCUT2D eigenvalue weighted by atomic mass is 10.2. The predicted octanol–water partition coefficient (Wildman–Crippen LogP) is 0.469. The Morgan fingerprint density at radius 2 is 1.89 bits per heavy atom. The van der Waals surface area contributed by atoms with Gasteiger partial charge in [-0.3, -0.25) is 4.79 Å². The van der Waals surface area contributed by atoms with Gasteiger partial charge in [0.05, 0.1) is 14.2 Å². The third kappa shape index (κ3) is 2.54. The number of methoxy groups -OCH3 is 2. The van der Waals surface area contributed by atoms with Crippen LogP contribution >= 0.6 is 0 Å². The number of carbonyl (C=O) groups excluding carboxylic acids is 1. The van der Waals surface area contributed by atoms with Crippen LogP contribution in [-0.2, 0) is 0 Å². The number of anilines is 1. The second-order valence-electron chi connectivity index (χ2n) is 3.29. The van der Waals surface area contributed by atoms with Crippen molar-refractivity contribution in [2.24, 2.45) is 0 Å². The molecule has 0 aliphatic heterocycles. The van der Waals surface area contributed by atoms with Crippen LogP contribution in [0.15, 0.2) is 18.2 Å². The molecule has 0 atom stereocenters. The average molecular weight is 249 g/mol. The van der Waals surface area contributed by atoms with E-state index in [9.17, 15) is 4.79 Å². The maximum Gasteiger partial charge on any atom is 0.297 e. The minimum Gasteiger partial charge on any atom is -0.497 e. The van der Waals surface area contributed by atoms with Gasteiger partial charge in [-0.2, -0.15) is 5.21 Å². The highest BCUT2D eigenvalue weighted by Crippen LogP contribution is 2.25. The van der Waals surface area contributed by atoms with Crippen molar-refractivity contribution in [3.8, 4) is 11.5 Å². The van der Waals surface area contributed by atoms with Gasteiger partial charge < -0.3 is 14.8 Å². The lowest BCUT2D eigenvalue weighted by molar-refractivity contribution is 0.101. The number of carbonyl (C=O) groups is 1. The molecule has 0 saturated carbocycles. The average Bonchev–Trinajstić information content (AvgIpc) is 2.92. The van der Waals surface area contributed by atoms with E-state index in [2.05, 4.69) is 25.9 Å². The third-order valence-electron chi connectivity index (χ3n) is 2.16. The number of rotatable bonds is 4. The van der Waals surface area contributed by atoms with Gasteiger partial charge in [-0.15, -0.1) is 10.2 Å². The molecule has 8 nitrogen and oxygen atoms in total. The number of amides is 1. The molecule has 0 fully saturated rings. The van der Waals surface area contributed by atoms with Crippen LogP contribution in [0.1, 0.15) is 10.6 Å². The van der Waals surface area contributed by atoms with Crippen LogP contribution in [0.25, 0.3) is 0 Å². The zero-order valence-electron chi connectivity index (χ0n) is 9.80. The molecule has 0 unspecified atom stereocenters. The summed E-state index contributed by atoms with van der Waals surface area (Å²) in [7, 11) is 3.05. The van der Waals surface area contributed by atoms with Crippen molar-refractivity contribution in [2.75, 3.05) is 19.5 Å². The molecule has 8 heteroatoms. The summed E-state index contributed by atoms with van der Waals surface area (Å²) in [4.78, 5) is 11.7. The topological polar surface area (TPSA) is 102 Å². The van der Waals surface area contributed by atoms with Crippen molar-refractivity contribution in [3.05, 3.63) is 24.0 Å². The molecule has 1 aromatic heterocycles. The first-order valence-corrected chi connectivity index (χ1v) is 5.01. The van der Waals surface area contributed by atoms with Gasteiger partial charge in [0.25, 0.3) is 11.7 Å². The van der Waals surface area contributed by atoms with Gasteiger partial charge in [-0.1, -0.05) is 0 Å². The van der Waals surface area contributed by atoms with Crippen LogP contribution < -0.4 is 14.8 Å². The van der Waals surface area contributed by atoms with E-state index in [1.165, 1.54) is 14.2 Å².